The van der Waals surface area contributed by atoms with Crippen molar-refractivity contribution in [2.45, 2.75) is 60.4 Å². The van der Waals surface area contributed by atoms with Gasteiger partial charge >= 0.3 is 0 Å². The highest BCUT2D eigenvalue weighted by molar-refractivity contribution is 7.15. The van der Waals surface area contributed by atoms with Gasteiger partial charge in [0.25, 0.3) is 0 Å². The summed E-state index contributed by atoms with van der Waals surface area (Å²) in [6, 6.07) is 0. The third-order valence-corrected chi connectivity index (χ3v) is 4.38. The van der Waals surface area contributed by atoms with Crippen LogP contribution in [-0.4, -0.2) is 24.6 Å². The largest absolute Gasteiger partial charge is 0.349 e. The second kappa shape index (κ2) is 7.41. The lowest BCUT2D eigenvalue weighted by Crippen LogP contribution is -2.22. The van der Waals surface area contributed by atoms with Crippen LogP contribution in [0.25, 0.3) is 0 Å². The van der Waals surface area contributed by atoms with Gasteiger partial charge in [-0.3, -0.25) is 0 Å². The van der Waals surface area contributed by atoms with Crippen LogP contribution < -0.4 is 10.2 Å². The summed E-state index contributed by atoms with van der Waals surface area (Å²) < 4.78 is 0. The molecule has 0 bridgehead atoms. The average molecular weight is 298 g/mol. The molecule has 0 spiro atoms. The van der Waals surface area contributed by atoms with Crippen molar-refractivity contribution in [3.8, 4) is 0 Å². The number of hydrogen-bond acceptors (Lipinski definition) is 4. The molecule has 1 N–H and O–H groups in total. The number of nitrogens with zero attached hydrogens (tertiary/aromatic N) is 2. The molecule has 0 aliphatic carbocycles. The Hall–Kier alpha value is -0.610. The van der Waals surface area contributed by atoms with Crippen molar-refractivity contribution in [3.63, 3.8) is 0 Å². The van der Waals surface area contributed by atoms with Crippen molar-refractivity contribution in [2.24, 2.45) is 5.92 Å². The van der Waals surface area contributed by atoms with Crippen molar-refractivity contribution in [2.75, 3.05) is 24.5 Å². The maximum absolute atomic E-state index is 4.93. The number of rotatable bonds is 7. The van der Waals surface area contributed by atoms with Gasteiger partial charge < -0.3 is 10.2 Å². The molecule has 1 heterocycles. The van der Waals surface area contributed by atoms with Gasteiger partial charge in [0.2, 0.25) is 0 Å². The van der Waals surface area contributed by atoms with Crippen LogP contribution in [0.2, 0.25) is 0 Å². The molecule has 0 saturated heterocycles. The summed E-state index contributed by atoms with van der Waals surface area (Å²) in [4.78, 5) is 8.65. The lowest BCUT2D eigenvalue weighted by Gasteiger charge is -2.19. The summed E-state index contributed by atoms with van der Waals surface area (Å²) in [7, 11) is 0. The van der Waals surface area contributed by atoms with Gasteiger partial charge in [0.05, 0.1) is 5.69 Å². The Morgan fingerprint density at radius 3 is 2.25 bits per heavy atom. The second-order valence-electron chi connectivity index (χ2n) is 6.72. The summed E-state index contributed by atoms with van der Waals surface area (Å²) in [5, 5.41) is 4.72. The molecule has 0 radical (unpaired) electrons. The van der Waals surface area contributed by atoms with Gasteiger partial charge in [0.1, 0.15) is 0 Å². The predicted octanol–water partition coefficient (Wildman–Crippen LogP) is 4.03. The molecule has 0 aliphatic heterocycles. The van der Waals surface area contributed by atoms with Crippen LogP contribution in [0.3, 0.4) is 0 Å². The van der Waals surface area contributed by atoms with E-state index in [2.05, 4.69) is 58.7 Å². The average Bonchev–Trinajstić information content (AvgIpc) is 2.74. The molecule has 1 aromatic heterocycles. The number of nitrogens with one attached hydrogen (secondary N) is 1. The molecular formula is C16H31N3S. The first-order valence-electron chi connectivity index (χ1n) is 7.75. The molecular weight excluding hydrogens is 266 g/mol. The quantitative estimate of drug-likeness (QED) is 0.823. The van der Waals surface area contributed by atoms with Gasteiger partial charge in [-0.25, -0.2) is 4.98 Å². The molecule has 20 heavy (non-hydrogen) atoms. The van der Waals surface area contributed by atoms with Crippen molar-refractivity contribution >= 4 is 16.5 Å². The van der Waals surface area contributed by atoms with Crippen LogP contribution in [0.4, 0.5) is 5.13 Å². The third-order valence-electron chi connectivity index (χ3n) is 3.27. The fraction of sp³-hybridized carbons (Fsp3) is 0.812. The van der Waals surface area contributed by atoms with Gasteiger partial charge in [-0.2, -0.15) is 0 Å². The van der Waals surface area contributed by atoms with E-state index in [1.807, 2.05) is 11.3 Å². The monoisotopic (exact) mass is 297 g/mol. The van der Waals surface area contributed by atoms with Crippen molar-refractivity contribution < 1.29 is 0 Å². The third kappa shape index (κ3) is 4.74. The van der Waals surface area contributed by atoms with Crippen LogP contribution in [0, 0.1) is 5.92 Å². The van der Waals surface area contributed by atoms with E-state index in [-0.39, 0.29) is 5.41 Å². The Bertz CT molecular complexity index is 400. The number of hydrogen-bond donors (Lipinski definition) is 1. The first kappa shape index (κ1) is 17.4. The molecule has 116 valence electrons. The fourth-order valence-corrected chi connectivity index (χ4v) is 3.52. The molecule has 1 rings (SSSR count). The smallest absolute Gasteiger partial charge is 0.185 e. The Labute approximate surface area is 128 Å². The predicted molar refractivity (Wildman–Crippen MR) is 90.9 cm³/mol. The normalized spacial score (nSPS) is 12.2. The zero-order valence-electron chi connectivity index (χ0n) is 14.2. The molecule has 0 aromatic carbocycles. The molecule has 0 aliphatic rings. The number of anilines is 1. The Kier molecular flexibility index (Phi) is 6.46. The highest BCUT2D eigenvalue weighted by atomic mass is 32.1. The first-order chi connectivity index (χ1) is 9.29. The van der Waals surface area contributed by atoms with Gasteiger partial charge in [-0.1, -0.05) is 34.6 Å². The van der Waals surface area contributed by atoms with E-state index >= 15 is 0 Å². The van der Waals surface area contributed by atoms with Gasteiger partial charge in [-0.05, 0) is 26.3 Å². The fourth-order valence-electron chi connectivity index (χ4n) is 2.15. The van der Waals surface area contributed by atoms with Crippen molar-refractivity contribution in [3.05, 3.63) is 10.6 Å². The van der Waals surface area contributed by atoms with Crippen LogP contribution >= 0.6 is 11.3 Å². The van der Waals surface area contributed by atoms with E-state index in [1.165, 1.54) is 15.7 Å². The standard InChI is InChI=1S/C16H31N3S/c1-8-19(9-2)15-18-14(16(5,6)7)13(20-15)11-17-10-12(3)4/h12,17H,8-11H2,1-7H3. The first-order valence-corrected chi connectivity index (χ1v) is 8.57. The van der Waals surface area contributed by atoms with Crippen LogP contribution in [0.1, 0.15) is 59.0 Å². The maximum atomic E-state index is 4.93. The maximum Gasteiger partial charge on any atom is 0.185 e. The molecule has 0 unspecified atom stereocenters. The summed E-state index contributed by atoms with van der Waals surface area (Å²) in [5.41, 5.74) is 1.36. The molecule has 4 heteroatoms. The van der Waals surface area contributed by atoms with Gasteiger partial charge in [-0.15, -0.1) is 11.3 Å². The minimum Gasteiger partial charge on any atom is -0.349 e. The zero-order chi connectivity index (χ0) is 15.3. The van der Waals surface area contributed by atoms with Gasteiger partial charge in [0, 0.05) is 29.9 Å². The summed E-state index contributed by atoms with van der Waals surface area (Å²) in [6.45, 7) is 19.7. The number of thiazole rings is 1. The molecule has 0 saturated carbocycles. The SMILES string of the molecule is CCN(CC)c1nc(C(C)(C)C)c(CNCC(C)C)s1. The van der Waals surface area contributed by atoms with E-state index in [1.54, 1.807) is 0 Å². The second-order valence-corrected chi connectivity index (χ2v) is 7.78. The summed E-state index contributed by atoms with van der Waals surface area (Å²) in [6.07, 6.45) is 0. The van der Waals surface area contributed by atoms with Crippen molar-refractivity contribution in [1.29, 1.82) is 0 Å². The Morgan fingerprint density at radius 1 is 1.20 bits per heavy atom. The Balaban J connectivity index is 2.95. The molecule has 3 nitrogen and oxygen atoms in total. The molecule has 0 amide bonds. The summed E-state index contributed by atoms with van der Waals surface area (Å²) in [5.74, 6) is 0.684. The molecule has 1 aromatic rings. The van der Waals surface area contributed by atoms with Crippen LogP contribution in [0.15, 0.2) is 0 Å². The highest BCUT2D eigenvalue weighted by Gasteiger charge is 2.24. The van der Waals surface area contributed by atoms with Crippen LogP contribution in [0.5, 0.6) is 0 Å². The number of aromatic nitrogens is 1. The Morgan fingerprint density at radius 2 is 1.80 bits per heavy atom. The van der Waals surface area contributed by atoms with E-state index < -0.39 is 0 Å². The topological polar surface area (TPSA) is 28.2 Å². The van der Waals surface area contributed by atoms with E-state index in [9.17, 15) is 0 Å². The molecule has 0 atom stereocenters. The van der Waals surface area contributed by atoms with Crippen LogP contribution in [-0.2, 0) is 12.0 Å². The minimum atomic E-state index is 0.108. The lowest BCUT2D eigenvalue weighted by atomic mass is 9.91. The lowest BCUT2D eigenvalue weighted by molar-refractivity contribution is 0.535. The van der Waals surface area contributed by atoms with E-state index in [0.717, 1.165) is 26.2 Å². The molecule has 0 fully saturated rings. The highest BCUT2D eigenvalue weighted by Crippen LogP contribution is 2.33. The minimum absolute atomic E-state index is 0.108. The van der Waals surface area contributed by atoms with Gasteiger partial charge in [0.15, 0.2) is 5.13 Å². The van der Waals surface area contributed by atoms with E-state index in [0.29, 0.717) is 5.92 Å². The zero-order valence-corrected chi connectivity index (χ0v) is 15.0. The summed E-state index contributed by atoms with van der Waals surface area (Å²) >= 11 is 1.85. The van der Waals surface area contributed by atoms with Crippen molar-refractivity contribution in [1.82, 2.24) is 10.3 Å². The van der Waals surface area contributed by atoms with E-state index in [4.69, 9.17) is 4.98 Å².